The average molecular weight is 171 g/mol. The van der Waals surface area contributed by atoms with Gasteiger partial charge in [0.1, 0.15) is 0 Å². The predicted molar refractivity (Wildman–Crippen MR) is 51.2 cm³/mol. The Morgan fingerprint density at radius 1 is 1.25 bits per heavy atom. The van der Waals surface area contributed by atoms with Crippen molar-refractivity contribution < 1.29 is 5.11 Å². The Bertz CT molecular complexity index is 124. The molecule has 1 heterocycles. The molecule has 1 rings (SSSR count). The molecule has 12 heavy (non-hydrogen) atoms. The van der Waals surface area contributed by atoms with Gasteiger partial charge in [-0.25, -0.2) is 0 Å². The normalized spacial score (nSPS) is 24.2. The van der Waals surface area contributed by atoms with Gasteiger partial charge in [-0.1, -0.05) is 13.8 Å². The maximum absolute atomic E-state index is 8.67. The monoisotopic (exact) mass is 171 g/mol. The molecule has 0 unspecified atom stereocenters. The van der Waals surface area contributed by atoms with Crippen LogP contribution >= 0.6 is 0 Å². The highest BCUT2D eigenvalue weighted by atomic mass is 16.3. The van der Waals surface area contributed by atoms with Crippen molar-refractivity contribution in [1.29, 1.82) is 0 Å². The van der Waals surface area contributed by atoms with Crippen molar-refractivity contribution in [3.63, 3.8) is 0 Å². The molecule has 0 aromatic carbocycles. The fraction of sp³-hybridized carbons (Fsp3) is 1.00. The predicted octanol–water partition coefficient (Wildman–Crippen LogP) is 1.49. The summed E-state index contributed by atoms with van der Waals surface area (Å²) in [6, 6.07) is 0. The summed E-state index contributed by atoms with van der Waals surface area (Å²) in [4.78, 5) is 2.46. The third-order valence-corrected chi connectivity index (χ3v) is 2.84. The van der Waals surface area contributed by atoms with E-state index >= 15 is 0 Å². The van der Waals surface area contributed by atoms with Gasteiger partial charge in [0, 0.05) is 13.2 Å². The van der Waals surface area contributed by atoms with E-state index in [0.29, 0.717) is 12.0 Å². The topological polar surface area (TPSA) is 23.5 Å². The zero-order valence-electron chi connectivity index (χ0n) is 8.34. The van der Waals surface area contributed by atoms with Gasteiger partial charge in [-0.15, -0.1) is 0 Å². The highest BCUT2D eigenvalue weighted by molar-refractivity contribution is 4.78. The number of likely N-dealkylation sites (tertiary alicyclic amines) is 1. The minimum atomic E-state index is 0.333. The van der Waals surface area contributed by atoms with Crippen molar-refractivity contribution in [2.75, 3.05) is 26.2 Å². The SMILES string of the molecule is CC1(C)CCN(CCCO)CC1. The summed E-state index contributed by atoms with van der Waals surface area (Å²) in [5.74, 6) is 0. The molecule has 2 heteroatoms. The lowest BCUT2D eigenvalue weighted by molar-refractivity contribution is 0.124. The van der Waals surface area contributed by atoms with Gasteiger partial charge in [-0.05, 0) is 37.8 Å². The van der Waals surface area contributed by atoms with Crippen LogP contribution in [-0.4, -0.2) is 36.2 Å². The van der Waals surface area contributed by atoms with Gasteiger partial charge in [-0.3, -0.25) is 0 Å². The first-order chi connectivity index (χ1) is 5.64. The van der Waals surface area contributed by atoms with E-state index in [9.17, 15) is 0 Å². The van der Waals surface area contributed by atoms with Crippen molar-refractivity contribution in [2.24, 2.45) is 5.41 Å². The van der Waals surface area contributed by atoms with Crippen molar-refractivity contribution in [3.05, 3.63) is 0 Å². The van der Waals surface area contributed by atoms with Crippen LogP contribution in [-0.2, 0) is 0 Å². The van der Waals surface area contributed by atoms with Crippen LogP contribution in [0.3, 0.4) is 0 Å². The zero-order chi connectivity index (χ0) is 9.03. The number of aliphatic hydroxyl groups is 1. The van der Waals surface area contributed by atoms with Gasteiger partial charge in [0.25, 0.3) is 0 Å². The average Bonchev–Trinajstić information content (AvgIpc) is 2.03. The standard InChI is InChI=1S/C10H21NO/c1-10(2)4-7-11(8-5-10)6-3-9-12/h12H,3-9H2,1-2H3. The largest absolute Gasteiger partial charge is 0.396 e. The molecule has 0 atom stereocenters. The number of rotatable bonds is 3. The lowest BCUT2D eigenvalue weighted by Crippen LogP contribution is -2.37. The lowest BCUT2D eigenvalue weighted by Gasteiger charge is -2.36. The summed E-state index contributed by atoms with van der Waals surface area (Å²) in [6.07, 6.45) is 3.54. The van der Waals surface area contributed by atoms with Crippen molar-refractivity contribution in [3.8, 4) is 0 Å². The van der Waals surface area contributed by atoms with E-state index in [1.165, 1.54) is 25.9 Å². The van der Waals surface area contributed by atoms with Crippen molar-refractivity contribution >= 4 is 0 Å². The van der Waals surface area contributed by atoms with Crippen LogP contribution in [0.15, 0.2) is 0 Å². The van der Waals surface area contributed by atoms with Crippen molar-refractivity contribution in [2.45, 2.75) is 33.1 Å². The molecular formula is C10H21NO. The highest BCUT2D eigenvalue weighted by Crippen LogP contribution is 2.29. The molecule has 1 saturated heterocycles. The van der Waals surface area contributed by atoms with Gasteiger partial charge in [0.2, 0.25) is 0 Å². The second-order valence-electron chi connectivity index (χ2n) is 4.58. The second-order valence-corrected chi connectivity index (χ2v) is 4.58. The minimum absolute atomic E-state index is 0.333. The number of hydrogen-bond donors (Lipinski definition) is 1. The fourth-order valence-corrected chi connectivity index (χ4v) is 1.68. The number of hydrogen-bond acceptors (Lipinski definition) is 2. The first kappa shape index (κ1) is 10.0. The maximum atomic E-state index is 8.67. The molecule has 0 saturated carbocycles. The zero-order valence-corrected chi connectivity index (χ0v) is 8.34. The Kier molecular flexibility index (Phi) is 3.53. The summed E-state index contributed by atoms with van der Waals surface area (Å²) in [5, 5.41) is 8.67. The van der Waals surface area contributed by atoms with Gasteiger partial charge in [-0.2, -0.15) is 0 Å². The number of nitrogens with zero attached hydrogens (tertiary/aromatic N) is 1. The van der Waals surface area contributed by atoms with E-state index in [1.807, 2.05) is 0 Å². The quantitative estimate of drug-likeness (QED) is 0.695. The Labute approximate surface area is 75.6 Å². The smallest absolute Gasteiger partial charge is 0.0443 e. The van der Waals surface area contributed by atoms with Crippen LogP contribution in [0.5, 0.6) is 0 Å². The van der Waals surface area contributed by atoms with Crippen LogP contribution in [0.2, 0.25) is 0 Å². The number of aliphatic hydroxyl groups excluding tert-OH is 1. The van der Waals surface area contributed by atoms with E-state index in [4.69, 9.17) is 5.11 Å². The molecule has 1 aliphatic heterocycles. The molecule has 72 valence electrons. The summed E-state index contributed by atoms with van der Waals surface area (Å²) in [6.45, 7) is 8.53. The molecule has 0 aromatic rings. The molecule has 1 N–H and O–H groups in total. The Morgan fingerprint density at radius 3 is 2.33 bits per heavy atom. The van der Waals surface area contributed by atoms with Crippen LogP contribution in [0.1, 0.15) is 33.1 Å². The summed E-state index contributed by atoms with van der Waals surface area (Å²) >= 11 is 0. The van der Waals surface area contributed by atoms with Crippen LogP contribution in [0.4, 0.5) is 0 Å². The fourth-order valence-electron chi connectivity index (χ4n) is 1.68. The third kappa shape index (κ3) is 3.11. The van der Waals surface area contributed by atoms with E-state index < -0.39 is 0 Å². The van der Waals surface area contributed by atoms with Gasteiger partial charge < -0.3 is 10.0 Å². The molecule has 0 radical (unpaired) electrons. The first-order valence-corrected chi connectivity index (χ1v) is 4.97. The summed E-state index contributed by atoms with van der Waals surface area (Å²) < 4.78 is 0. The summed E-state index contributed by atoms with van der Waals surface area (Å²) in [7, 11) is 0. The van der Waals surface area contributed by atoms with E-state index in [1.54, 1.807) is 0 Å². The molecule has 0 amide bonds. The molecule has 1 aliphatic rings. The van der Waals surface area contributed by atoms with Gasteiger partial charge in [0.05, 0.1) is 0 Å². The van der Waals surface area contributed by atoms with Gasteiger partial charge >= 0.3 is 0 Å². The molecule has 0 aromatic heterocycles. The number of piperidine rings is 1. The van der Waals surface area contributed by atoms with Crippen LogP contribution in [0.25, 0.3) is 0 Å². The Balaban J connectivity index is 2.18. The second kappa shape index (κ2) is 4.24. The van der Waals surface area contributed by atoms with Crippen LogP contribution in [0, 0.1) is 5.41 Å². The lowest BCUT2D eigenvalue weighted by atomic mass is 9.83. The first-order valence-electron chi connectivity index (χ1n) is 4.97. The molecule has 0 spiro atoms. The van der Waals surface area contributed by atoms with E-state index in [-0.39, 0.29) is 0 Å². The highest BCUT2D eigenvalue weighted by Gasteiger charge is 2.24. The maximum Gasteiger partial charge on any atom is 0.0443 e. The molecule has 2 nitrogen and oxygen atoms in total. The summed E-state index contributed by atoms with van der Waals surface area (Å²) in [5.41, 5.74) is 0.551. The van der Waals surface area contributed by atoms with E-state index in [2.05, 4.69) is 18.7 Å². The van der Waals surface area contributed by atoms with Crippen LogP contribution < -0.4 is 0 Å². The van der Waals surface area contributed by atoms with Crippen molar-refractivity contribution in [1.82, 2.24) is 4.90 Å². The minimum Gasteiger partial charge on any atom is -0.396 e. The molecule has 0 aliphatic carbocycles. The molecule has 1 fully saturated rings. The third-order valence-electron chi connectivity index (χ3n) is 2.84. The Morgan fingerprint density at radius 2 is 1.83 bits per heavy atom. The van der Waals surface area contributed by atoms with Gasteiger partial charge in [0.15, 0.2) is 0 Å². The molecule has 0 bridgehead atoms. The Hall–Kier alpha value is -0.0800. The molecular weight excluding hydrogens is 150 g/mol. The van der Waals surface area contributed by atoms with E-state index in [0.717, 1.165) is 13.0 Å².